The minimum Gasteiger partial charge on any atom is -0.465 e. The molecule has 5 rings (SSSR count). The second-order valence-corrected chi connectivity index (χ2v) is 7.90. The van der Waals surface area contributed by atoms with Crippen molar-refractivity contribution in [2.24, 2.45) is 17.8 Å². The Hall–Kier alpha value is -1.62. The number of thiocarbonyl (C=S) groups is 1. The van der Waals surface area contributed by atoms with Gasteiger partial charge in [0.25, 0.3) is 0 Å². The predicted octanol–water partition coefficient (Wildman–Crippen LogP) is 3.25. The first-order valence-electron chi connectivity index (χ1n) is 8.45. The maximum atomic E-state index is 12.0. The van der Waals surface area contributed by atoms with Gasteiger partial charge in [0.1, 0.15) is 5.76 Å². The van der Waals surface area contributed by atoms with Crippen LogP contribution in [0, 0.1) is 17.8 Å². The number of amides is 1. The van der Waals surface area contributed by atoms with Gasteiger partial charge in [-0.15, -0.1) is 0 Å². The number of carbonyl (C=O) groups excluding carboxylic acids is 1. The Labute approximate surface area is 141 Å². The zero-order chi connectivity index (χ0) is 15.9. The average Bonchev–Trinajstić information content (AvgIpc) is 2.96. The summed E-state index contributed by atoms with van der Waals surface area (Å²) in [6, 6.07) is 3.59. The molecule has 1 amide bonds. The minimum absolute atomic E-state index is 0.129. The van der Waals surface area contributed by atoms with Crippen LogP contribution < -0.4 is 10.6 Å². The van der Waals surface area contributed by atoms with Gasteiger partial charge in [0, 0.05) is 11.6 Å². The summed E-state index contributed by atoms with van der Waals surface area (Å²) in [5.74, 6) is 2.99. The van der Waals surface area contributed by atoms with E-state index in [4.69, 9.17) is 16.6 Å². The van der Waals surface area contributed by atoms with Crippen LogP contribution in [0.25, 0.3) is 6.08 Å². The molecule has 0 unspecified atom stereocenters. The predicted molar refractivity (Wildman–Crippen MR) is 92.5 cm³/mol. The van der Waals surface area contributed by atoms with Gasteiger partial charge >= 0.3 is 0 Å². The Morgan fingerprint density at radius 2 is 1.87 bits per heavy atom. The van der Waals surface area contributed by atoms with Gasteiger partial charge in [0.2, 0.25) is 5.91 Å². The van der Waals surface area contributed by atoms with Crippen LogP contribution in [-0.2, 0) is 4.79 Å². The maximum Gasteiger partial charge on any atom is 0.250 e. The fourth-order valence-corrected chi connectivity index (χ4v) is 5.55. The van der Waals surface area contributed by atoms with E-state index in [2.05, 4.69) is 10.6 Å². The highest BCUT2D eigenvalue weighted by Gasteiger charge is 2.51. The van der Waals surface area contributed by atoms with Crippen molar-refractivity contribution in [2.75, 3.05) is 0 Å². The fraction of sp³-hybridized carbons (Fsp3) is 0.556. The quantitative estimate of drug-likeness (QED) is 0.660. The van der Waals surface area contributed by atoms with E-state index < -0.39 is 0 Å². The van der Waals surface area contributed by atoms with E-state index in [-0.39, 0.29) is 11.4 Å². The smallest absolute Gasteiger partial charge is 0.250 e. The van der Waals surface area contributed by atoms with Crippen LogP contribution in [0.15, 0.2) is 28.9 Å². The first-order valence-corrected chi connectivity index (χ1v) is 8.86. The van der Waals surface area contributed by atoms with Gasteiger partial charge in [-0.25, -0.2) is 0 Å². The molecular formula is C18H22N2O2S. The van der Waals surface area contributed by atoms with Crippen molar-refractivity contribution in [3.8, 4) is 0 Å². The summed E-state index contributed by atoms with van der Waals surface area (Å²) >= 11 is 5.38. The molecule has 0 aromatic carbocycles. The molecule has 1 aromatic rings. The molecule has 0 aliphatic heterocycles. The highest BCUT2D eigenvalue weighted by molar-refractivity contribution is 7.80. The molecule has 0 radical (unpaired) electrons. The van der Waals surface area contributed by atoms with Crippen LogP contribution in [0.5, 0.6) is 0 Å². The van der Waals surface area contributed by atoms with Crippen LogP contribution >= 0.6 is 12.2 Å². The molecule has 4 bridgehead atoms. The first-order chi connectivity index (χ1) is 11.1. The van der Waals surface area contributed by atoms with Gasteiger partial charge in [-0.2, -0.15) is 0 Å². The van der Waals surface area contributed by atoms with Crippen molar-refractivity contribution < 1.29 is 9.21 Å². The minimum atomic E-state index is -0.219. The summed E-state index contributed by atoms with van der Waals surface area (Å²) < 4.78 is 5.16. The third-order valence-electron chi connectivity index (χ3n) is 5.60. The molecule has 5 heteroatoms. The number of carbonyl (C=O) groups is 1. The van der Waals surface area contributed by atoms with Crippen LogP contribution in [0.3, 0.4) is 0 Å². The van der Waals surface area contributed by atoms with Crippen molar-refractivity contribution in [2.45, 2.75) is 44.1 Å². The summed E-state index contributed by atoms with van der Waals surface area (Å²) in [6.45, 7) is 0. The van der Waals surface area contributed by atoms with E-state index in [1.165, 1.54) is 44.6 Å². The van der Waals surface area contributed by atoms with Crippen molar-refractivity contribution in [1.29, 1.82) is 0 Å². The number of furan rings is 1. The third-order valence-corrected chi connectivity index (χ3v) is 5.80. The second kappa shape index (κ2) is 5.78. The molecular weight excluding hydrogens is 308 g/mol. The van der Waals surface area contributed by atoms with Gasteiger partial charge in [0.05, 0.1) is 6.26 Å². The van der Waals surface area contributed by atoms with E-state index in [0.29, 0.717) is 10.9 Å². The van der Waals surface area contributed by atoms with Gasteiger partial charge in [0.15, 0.2) is 5.11 Å². The zero-order valence-corrected chi connectivity index (χ0v) is 13.9. The monoisotopic (exact) mass is 330 g/mol. The molecule has 0 spiro atoms. The molecule has 2 N–H and O–H groups in total. The molecule has 4 aliphatic carbocycles. The Morgan fingerprint density at radius 3 is 2.43 bits per heavy atom. The van der Waals surface area contributed by atoms with Gasteiger partial charge in [-0.1, -0.05) is 0 Å². The number of rotatable bonds is 3. The third kappa shape index (κ3) is 3.20. The number of hydrogen-bond acceptors (Lipinski definition) is 3. The lowest BCUT2D eigenvalue weighted by atomic mass is 9.53. The lowest BCUT2D eigenvalue weighted by Crippen LogP contribution is -2.61. The molecule has 4 saturated carbocycles. The normalized spacial score (nSPS) is 34.7. The average molecular weight is 330 g/mol. The summed E-state index contributed by atoms with van der Waals surface area (Å²) in [6.07, 6.45) is 12.5. The molecule has 1 heterocycles. The molecule has 23 heavy (non-hydrogen) atoms. The van der Waals surface area contributed by atoms with Crippen molar-refractivity contribution in [1.82, 2.24) is 10.6 Å². The molecule has 122 valence electrons. The van der Waals surface area contributed by atoms with Crippen molar-refractivity contribution >= 4 is 29.3 Å². The van der Waals surface area contributed by atoms with E-state index in [9.17, 15) is 4.79 Å². The Morgan fingerprint density at radius 1 is 1.22 bits per heavy atom. The summed E-state index contributed by atoms with van der Waals surface area (Å²) in [5, 5.41) is 6.72. The lowest BCUT2D eigenvalue weighted by molar-refractivity contribution is -0.115. The highest BCUT2D eigenvalue weighted by Crippen LogP contribution is 2.55. The van der Waals surface area contributed by atoms with Gasteiger partial charge in [-0.3, -0.25) is 10.1 Å². The topological polar surface area (TPSA) is 54.3 Å². The van der Waals surface area contributed by atoms with Crippen LogP contribution in [-0.4, -0.2) is 16.6 Å². The summed E-state index contributed by atoms with van der Waals surface area (Å²) in [4.78, 5) is 12.0. The Bertz CT molecular complexity index is 600. The van der Waals surface area contributed by atoms with E-state index in [1.807, 2.05) is 0 Å². The largest absolute Gasteiger partial charge is 0.465 e. The molecule has 4 aliphatic rings. The Kier molecular flexibility index (Phi) is 3.76. The Balaban J connectivity index is 1.34. The fourth-order valence-electron chi connectivity index (χ4n) is 5.23. The number of nitrogens with one attached hydrogen (secondary N) is 2. The van der Waals surface area contributed by atoms with Crippen LogP contribution in [0.4, 0.5) is 0 Å². The highest BCUT2D eigenvalue weighted by atomic mass is 32.1. The number of hydrogen-bond donors (Lipinski definition) is 2. The van der Waals surface area contributed by atoms with Crippen LogP contribution in [0.2, 0.25) is 0 Å². The molecule has 4 fully saturated rings. The van der Waals surface area contributed by atoms with E-state index >= 15 is 0 Å². The standard InChI is InChI=1S/C18H22N2O2S/c21-16(4-3-15-2-1-5-22-15)19-17(23)20-18-9-12-6-13(10-18)8-14(7-12)11-18/h1-5,12-14H,6-11H2,(H2,19,20,21,23)/b4-3+. The zero-order valence-electron chi connectivity index (χ0n) is 13.1. The molecule has 0 atom stereocenters. The van der Waals surface area contributed by atoms with Gasteiger partial charge in [-0.05, 0) is 86.7 Å². The lowest BCUT2D eigenvalue weighted by Gasteiger charge is -2.57. The summed E-state index contributed by atoms with van der Waals surface area (Å²) in [7, 11) is 0. The second-order valence-electron chi connectivity index (χ2n) is 7.49. The summed E-state index contributed by atoms with van der Waals surface area (Å²) in [5.41, 5.74) is 0.129. The first kappa shape index (κ1) is 14.9. The maximum absolute atomic E-state index is 12.0. The molecule has 0 saturated heterocycles. The van der Waals surface area contributed by atoms with Gasteiger partial charge < -0.3 is 9.73 Å². The molecule has 1 aromatic heterocycles. The van der Waals surface area contributed by atoms with Crippen molar-refractivity contribution in [3.63, 3.8) is 0 Å². The van der Waals surface area contributed by atoms with E-state index in [1.54, 1.807) is 24.5 Å². The SMILES string of the molecule is O=C(/C=C/c1ccco1)NC(=S)NC12CC3CC(CC(C3)C1)C2. The molecule has 4 nitrogen and oxygen atoms in total. The van der Waals surface area contributed by atoms with Crippen molar-refractivity contribution in [3.05, 3.63) is 30.2 Å². The van der Waals surface area contributed by atoms with Crippen LogP contribution in [0.1, 0.15) is 44.3 Å². The van der Waals surface area contributed by atoms with E-state index in [0.717, 1.165) is 17.8 Å².